The Morgan fingerprint density at radius 3 is 0.632 bits per heavy atom. The number of hydrogen-bond acceptors (Lipinski definition) is 4. The van der Waals surface area contributed by atoms with E-state index < -0.39 is 71.7 Å². The number of hydrogen-bond donors (Lipinski definition) is 0. The Hall–Kier alpha value is -2.60. The molecule has 2 unspecified atom stereocenters. The van der Waals surface area contributed by atoms with Gasteiger partial charge < -0.3 is 0 Å². The lowest BCUT2D eigenvalue weighted by atomic mass is 9.91. The van der Waals surface area contributed by atoms with Gasteiger partial charge in [-0.1, -0.05) is 0 Å². The minimum absolute atomic E-state index is 1.76. The second kappa shape index (κ2) is 8.97. The third kappa shape index (κ3) is 4.70. The highest BCUT2D eigenvalue weighted by Crippen LogP contribution is 2.59. The number of rotatable bonds is 6. The molecule has 0 amide bonds. The van der Waals surface area contributed by atoms with Crippen LogP contribution >= 0.6 is 0 Å². The molecule has 0 saturated heterocycles. The van der Waals surface area contributed by atoms with Crippen LogP contribution in [0.4, 0.5) is 96.6 Å². The maximum atomic E-state index is 13.8. The molecular formula is C12F22O4. The van der Waals surface area contributed by atoms with Crippen molar-refractivity contribution in [2.75, 3.05) is 0 Å². The molecule has 0 spiro atoms. The molecule has 0 fully saturated rings. The predicted octanol–water partition coefficient (Wildman–Crippen LogP) is 6.19. The monoisotopic (exact) mass is 626 g/mol. The van der Waals surface area contributed by atoms with Gasteiger partial charge in [0, 0.05) is 0 Å². The van der Waals surface area contributed by atoms with Crippen molar-refractivity contribution in [1.29, 1.82) is 0 Å². The fourth-order valence-corrected chi connectivity index (χ4v) is 1.82. The smallest absolute Gasteiger partial charge is 0.243 e. The molecule has 0 radical (unpaired) electrons. The molecule has 4 nitrogen and oxygen atoms in total. The van der Waals surface area contributed by atoms with Crippen molar-refractivity contribution in [2.24, 2.45) is 0 Å². The number of carbonyl (C=O) groups excluding carboxylic acids is 2. The molecule has 2 atom stereocenters. The summed E-state index contributed by atoms with van der Waals surface area (Å²) in [6.45, 7) is 0. The molecular weight excluding hydrogens is 626 g/mol. The lowest BCUT2D eigenvalue weighted by Crippen LogP contribution is -2.72. The van der Waals surface area contributed by atoms with Gasteiger partial charge in [0.2, 0.25) is 0 Å². The average Bonchev–Trinajstić information content (AvgIpc) is 2.66. The fraction of sp³-hybridized carbons (Fsp3) is 0.833. The highest BCUT2D eigenvalue weighted by molar-refractivity contribution is 5.85. The van der Waals surface area contributed by atoms with E-state index in [9.17, 15) is 106 Å². The highest BCUT2D eigenvalue weighted by atomic mass is 19.4. The second-order valence-electron chi connectivity index (χ2n) is 6.35. The van der Waals surface area contributed by atoms with Crippen LogP contribution in [-0.2, 0) is 19.4 Å². The molecule has 0 N–H and O–H groups in total. The standard InChI is InChI=1S/C12F22O4/c13-3(9(23,24)25,5(15,16)7(19,20)11(29,30)31)1(35)37-38-2(36)4(14,10(26,27)28)6(17,18)8(21,22)12(32,33)34. The van der Waals surface area contributed by atoms with Crippen LogP contribution in [-0.4, -0.2) is 71.7 Å². The summed E-state index contributed by atoms with van der Waals surface area (Å²) in [5, 5.41) is 0. The first kappa shape index (κ1) is 35.4. The van der Waals surface area contributed by atoms with Crippen LogP contribution in [0.5, 0.6) is 0 Å². The van der Waals surface area contributed by atoms with Gasteiger partial charge >= 0.3 is 71.7 Å². The lowest BCUT2D eigenvalue weighted by molar-refractivity contribution is -0.417. The number of halogens is 22. The summed E-state index contributed by atoms with van der Waals surface area (Å²) < 4.78 is 280. The molecule has 0 bridgehead atoms. The molecule has 0 aromatic carbocycles. The number of alkyl halides is 22. The molecule has 26 heteroatoms. The Kier molecular flexibility index (Phi) is 8.36. The van der Waals surface area contributed by atoms with E-state index in [-0.39, 0.29) is 0 Å². The minimum atomic E-state index is -8.50. The van der Waals surface area contributed by atoms with Crippen LogP contribution in [0.1, 0.15) is 0 Å². The molecule has 0 rings (SSSR count). The first-order valence-electron chi connectivity index (χ1n) is 7.64. The molecule has 0 aromatic heterocycles. The number of carbonyl (C=O) groups is 2. The summed E-state index contributed by atoms with van der Waals surface area (Å²) >= 11 is 0. The third-order valence-electron chi connectivity index (χ3n) is 3.90. The summed E-state index contributed by atoms with van der Waals surface area (Å²) in [6.07, 6.45) is -32.0. The van der Waals surface area contributed by atoms with Crippen LogP contribution in [0.3, 0.4) is 0 Å². The van der Waals surface area contributed by atoms with Gasteiger partial charge in [-0.2, -0.15) is 87.8 Å². The first-order valence-corrected chi connectivity index (χ1v) is 7.64. The summed E-state index contributed by atoms with van der Waals surface area (Å²) in [7, 11) is 0. The largest absolute Gasteiger partial charge is 0.460 e. The zero-order valence-electron chi connectivity index (χ0n) is 15.9. The van der Waals surface area contributed by atoms with E-state index in [1.807, 2.05) is 0 Å². The van der Waals surface area contributed by atoms with E-state index in [1.165, 1.54) is 0 Å². The van der Waals surface area contributed by atoms with Crippen molar-refractivity contribution in [3.05, 3.63) is 0 Å². The molecule has 0 heterocycles. The second-order valence-corrected chi connectivity index (χ2v) is 6.35. The van der Waals surface area contributed by atoms with Gasteiger partial charge in [-0.3, -0.25) is 0 Å². The Morgan fingerprint density at radius 1 is 0.316 bits per heavy atom. The average molecular weight is 626 g/mol. The van der Waals surface area contributed by atoms with E-state index in [2.05, 4.69) is 0 Å². The van der Waals surface area contributed by atoms with Crippen molar-refractivity contribution in [3.8, 4) is 0 Å². The Morgan fingerprint density at radius 2 is 0.500 bits per heavy atom. The molecule has 38 heavy (non-hydrogen) atoms. The lowest BCUT2D eigenvalue weighted by Gasteiger charge is -2.38. The quantitative estimate of drug-likeness (QED) is 0.201. The van der Waals surface area contributed by atoms with Gasteiger partial charge in [-0.15, -0.1) is 0 Å². The van der Waals surface area contributed by atoms with Crippen molar-refractivity contribution >= 4 is 11.9 Å². The van der Waals surface area contributed by atoms with Crippen LogP contribution in [0.25, 0.3) is 0 Å². The van der Waals surface area contributed by atoms with Gasteiger partial charge in [0.05, 0.1) is 0 Å². The van der Waals surface area contributed by atoms with Gasteiger partial charge in [0.25, 0.3) is 0 Å². The summed E-state index contributed by atoms with van der Waals surface area (Å²) in [4.78, 5) is 25.4. The van der Waals surface area contributed by atoms with E-state index in [0.717, 1.165) is 0 Å². The Labute approximate surface area is 189 Å². The van der Waals surface area contributed by atoms with Crippen LogP contribution < -0.4 is 0 Å². The minimum Gasteiger partial charge on any atom is -0.243 e. The fourth-order valence-electron chi connectivity index (χ4n) is 1.82. The van der Waals surface area contributed by atoms with Gasteiger partial charge in [-0.05, 0) is 0 Å². The van der Waals surface area contributed by atoms with Gasteiger partial charge in [0.15, 0.2) is 0 Å². The van der Waals surface area contributed by atoms with Crippen molar-refractivity contribution < 1.29 is 116 Å². The van der Waals surface area contributed by atoms with Crippen molar-refractivity contribution in [1.82, 2.24) is 0 Å². The molecule has 226 valence electrons. The maximum Gasteiger partial charge on any atom is 0.460 e. The Bertz CT molecular complexity index is 833. The van der Waals surface area contributed by atoms with E-state index >= 15 is 0 Å². The van der Waals surface area contributed by atoms with E-state index in [0.29, 0.717) is 0 Å². The van der Waals surface area contributed by atoms with Gasteiger partial charge in [-0.25, -0.2) is 28.1 Å². The van der Waals surface area contributed by atoms with Crippen molar-refractivity contribution in [3.63, 3.8) is 0 Å². The Balaban J connectivity index is 6.77. The third-order valence-corrected chi connectivity index (χ3v) is 3.90. The summed E-state index contributed by atoms with van der Waals surface area (Å²) in [5.41, 5.74) is -16.4. The molecule has 0 aliphatic heterocycles. The summed E-state index contributed by atoms with van der Waals surface area (Å²) in [5.74, 6) is -44.0. The first-order chi connectivity index (χ1) is 16.0. The zero-order valence-corrected chi connectivity index (χ0v) is 15.9. The maximum absolute atomic E-state index is 13.8. The molecule has 0 aromatic rings. The normalized spacial score (nSPS) is 18.4. The molecule has 0 aliphatic rings. The zero-order chi connectivity index (χ0) is 31.6. The summed E-state index contributed by atoms with van der Waals surface area (Å²) in [6, 6.07) is 0. The topological polar surface area (TPSA) is 52.6 Å². The van der Waals surface area contributed by atoms with E-state index in [4.69, 9.17) is 0 Å². The van der Waals surface area contributed by atoms with Crippen LogP contribution in [0, 0.1) is 0 Å². The SMILES string of the molecule is O=C(OOC(=O)C(F)(C(F)(F)F)C(F)(F)C(F)(F)C(F)(F)F)C(F)(C(F)(F)F)C(F)(F)C(F)(F)C(F)(F)F. The van der Waals surface area contributed by atoms with Crippen LogP contribution in [0.2, 0.25) is 0 Å². The van der Waals surface area contributed by atoms with Crippen LogP contribution in [0.15, 0.2) is 0 Å². The molecule has 0 aliphatic carbocycles. The van der Waals surface area contributed by atoms with Gasteiger partial charge in [0.1, 0.15) is 0 Å². The molecule has 0 saturated carbocycles. The van der Waals surface area contributed by atoms with E-state index in [1.54, 1.807) is 9.78 Å². The predicted molar refractivity (Wildman–Crippen MR) is 63.9 cm³/mol. The highest BCUT2D eigenvalue weighted by Gasteiger charge is 2.92. The van der Waals surface area contributed by atoms with Crippen molar-refractivity contribution in [2.45, 2.75) is 59.7 Å².